The third-order valence-electron chi connectivity index (χ3n) is 3.14. The molecule has 2 aliphatic rings. The standard InChI is InChI=1S/C10H19N3O/c14-7-8-3-1-2-4-9(8)13-10-11-5-6-12-10/h8-9,14H,1-7H2,(H2,11,12,13). The Morgan fingerprint density at radius 3 is 3.00 bits per heavy atom. The third-order valence-corrected chi connectivity index (χ3v) is 3.14. The van der Waals surface area contributed by atoms with Crippen molar-refractivity contribution >= 4 is 5.96 Å². The van der Waals surface area contributed by atoms with Crippen LogP contribution < -0.4 is 10.6 Å². The average Bonchev–Trinajstić information content (AvgIpc) is 2.71. The summed E-state index contributed by atoms with van der Waals surface area (Å²) >= 11 is 0. The molecule has 1 aliphatic carbocycles. The van der Waals surface area contributed by atoms with Gasteiger partial charge in [0.1, 0.15) is 0 Å². The van der Waals surface area contributed by atoms with Gasteiger partial charge in [-0.1, -0.05) is 12.8 Å². The van der Waals surface area contributed by atoms with Gasteiger partial charge in [-0.3, -0.25) is 4.99 Å². The first-order valence-electron chi connectivity index (χ1n) is 5.56. The summed E-state index contributed by atoms with van der Waals surface area (Å²) in [4.78, 5) is 4.31. The molecule has 0 radical (unpaired) electrons. The monoisotopic (exact) mass is 197 g/mol. The molecule has 2 atom stereocenters. The van der Waals surface area contributed by atoms with E-state index in [4.69, 9.17) is 0 Å². The maximum absolute atomic E-state index is 9.24. The molecule has 1 aliphatic heterocycles. The molecule has 3 N–H and O–H groups in total. The highest BCUT2D eigenvalue weighted by atomic mass is 16.3. The smallest absolute Gasteiger partial charge is 0.191 e. The molecule has 0 bridgehead atoms. The van der Waals surface area contributed by atoms with Crippen LogP contribution in [-0.4, -0.2) is 36.8 Å². The highest BCUT2D eigenvalue weighted by molar-refractivity contribution is 5.81. The SMILES string of the molecule is OCC1CCCCC1NC1=NCCN1. The predicted molar refractivity (Wildman–Crippen MR) is 56.3 cm³/mol. The fourth-order valence-corrected chi connectivity index (χ4v) is 2.29. The zero-order valence-corrected chi connectivity index (χ0v) is 8.50. The molecule has 14 heavy (non-hydrogen) atoms. The molecular formula is C10H19N3O. The van der Waals surface area contributed by atoms with Crippen LogP contribution >= 0.6 is 0 Å². The normalized spacial score (nSPS) is 32.2. The summed E-state index contributed by atoms with van der Waals surface area (Å²) in [5.74, 6) is 1.34. The van der Waals surface area contributed by atoms with E-state index in [1.165, 1.54) is 12.8 Å². The summed E-state index contributed by atoms with van der Waals surface area (Å²) in [7, 11) is 0. The molecule has 2 rings (SSSR count). The maximum Gasteiger partial charge on any atom is 0.191 e. The Labute approximate surface area is 84.8 Å². The summed E-state index contributed by atoms with van der Waals surface area (Å²) in [6, 6.07) is 0.415. The number of guanidine groups is 1. The quantitative estimate of drug-likeness (QED) is 0.588. The first-order valence-corrected chi connectivity index (χ1v) is 5.56. The predicted octanol–water partition coefficient (Wildman–Crippen LogP) is 0.0863. The van der Waals surface area contributed by atoms with E-state index in [1.54, 1.807) is 0 Å². The van der Waals surface area contributed by atoms with Crippen LogP contribution in [0.3, 0.4) is 0 Å². The second kappa shape index (κ2) is 4.64. The van der Waals surface area contributed by atoms with Gasteiger partial charge in [-0.2, -0.15) is 0 Å². The van der Waals surface area contributed by atoms with Gasteiger partial charge >= 0.3 is 0 Å². The number of rotatable bonds is 2. The van der Waals surface area contributed by atoms with Crippen molar-refractivity contribution in [1.82, 2.24) is 10.6 Å². The van der Waals surface area contributed by atoms with Crippen LogP contribution in [0.4, 0.5) is 0 Å². The van der Waals surface area contributed by atoms with Gasteiger partial charge in [0.2, 0.25) is 0 Å². The Morgan fingerprint density at radius 2 is 2.29 bits per heavy atom. The van der Waals surface area contributed by atoms with Gasteiger partial charge in [0.05, 0.1) is 6.54 Å². The summed E-state index contributed by atoms with van der Waals surface area (Å²) in [6.45, 7) is 2.11. The summed E-state index contributed by atoms with van der Waals surface area (Å²) in [5.41, 5.74) is 0. The summed E-state index contributed by atoms with van der Waals surface area (Å²) in [5, 5.41) is 15.8. The van der Waals surface area contributed by atoms with E-state index in [-0.39, 0.29) is 0 Å². The second-order valence-electron chi connectivity index (χ2n) is 4.14. The number of aliphatic imine (C=N–C) groups is 1. The van der Waals surface area contributed by atoms with Crippen molar-refractivity contribution in [3.63, 3.8) is 0 Å². The molecule has 0 amide bonds. The molecule has 4 nitrogen and oxygen atoms in total. The lowest BCUT2D eigenvalue weighted by Crippen LogP contribution is -2.47. The highest BCUT2D eigenvalue weighted by Gasteiger charge is 2.25. The lowest BCUT2D eigenvalue weighted by atomic mass is 9.85. The van der Waals surface area contributed by atoms with E-state index in [1.807, 2.05) is 0 Å². The van der Waals surface area contributed by atoms with Crippen LogP contribution in [0.1, 0.15) is 25.7 Å². The van der Waals surface area contributed by atoms with Gasteiger partial charge in [0.25, 0.3) is 0 Å². The van der Waals surface area contributed by atoms with E-state index in [9.17, 15) is 5.11 Å². The van der Waals surface area contributed by atoms with Gasteiger partial charge in [0.15, 0.2) is 5.96 Å². The van der Waals surface area contributed by atoms with Gasteiger partial charge in [-0.25, -0.2) is 0 Å². The Balaban J connectivity index is 1.87. The highest BCUT2D eigenvalue weighted by Crippen LogP contribution is 2.23. The zero-order valence-electron chi connectivity index (χ0n) is 8.50. The maximum atomic E-state index is 9.24. The summed E-state index contributed by atoms with van der Waals surface area (Å²) < 4.78 is 0. The molecule has 4 heteroatoms. The third kappa shape index (κ3) is 2.18. The minimum Gasteiger partial charge on any atom is -0.396 e. The molecule has 0 spiro atoms. The number of hydrogen-bond donors (Lipinski definition) is 3. The molecule has 1 heterocycles. The van der Waals surface area contributed by atoms with Crippen LogP contribution in [0.2, 0.25) is 0 Å². The molecule has 0 saturated heterocycles. The molecule has 80 valence electrons. The molecule has 0 aromatic heterocycles. The van der Waals surface area contributed by atoms with Crippen molar-refractivity contribution in [2.75, 3.05) is 19.7 Å². The second-order valence-corrected chi connectivity index (χ2v) is 4.14. The van der Waals surface area contributed by atoms with Gasteiger partial charge in [-0.05, 0) is 12.8 Å². The Morgan fingerprint density at radius 1 is 1.43 bits per heavy atom. The fraction of sp³-hybridized carbons (Fsp3) is 0.900. The zero-order chi connectivity index (χ0) is 9.80. The number of hydrogen-bond acceptors (Lipinski definition) is 4. The lowest BCUT2D eigenvalue weighted by Gasteiger charge is -2.31. The Kier molecular flexibility index (Phi) is 3.24. The molecule has 2 unspecified atom stereocenters. The van der Waals surface area contributed by atoms with Crippen LogP contribution in [0.15, 0.2) is 4.99 Å². The lowest BCUT2D eigenvalue weighted by molar-refractivity contribution is 0.162. The first-order chi connectivity index (χ1) is 6.90. The minimum atomic E-state index is 0.297. The molecular weight excluding hydrogens is 178 g/mol. The van der Waals surface area contributed by atoms with Crippen molar-refractivity contribution in [2.45, 2.75) is 31.7 Å². The number of aliphatic hydroxyl groups excluding tert-OH is 1. The van der Waals surface area contributed by atoms with E-state index in [0.29, 0.717) is 18.6 Å². The van der Waals surface area contributed by atoms with Gasteiger partial charge < -0.3 is 15.7 Å². The topological polar surface area (TPSA) is 56.6 Å². The number of nitrogens with one attached hydrogen (secondary N) is 2. The molecule has 1 fully saturated rings. The number of nitrogens with zero attached hydrogens (tertiary/aromatic N) is 1. The van der Waals surface area contributed by atoms with Crippen molar-refractivity contribution < 1.29 is 5.11 Å². The van der Waals surface area contributed by atoms with E-state index in [0.717, 1.165) is 31.9 Å². The van der Waals surface area contributed by atoms with Gasteiger partial charge in [-0.15, -0.1) is 0 Å². The van der Waals surface area contributed by atoms with E-state index in [2.05, 4.69) is 15.6 Å². The van der Waals surface area contributed by atoms with E-state index < -0.39 is 0 Å². The minimum absolute atomic E-state index is 0.297. The van der Waals surface area contributed by atoms with Crippen LogP contribution in [0, 0.1) is 5.92 Å². The van der Waals surface area contributed by atoms with Crippen LogP contribution in [-0.2, 0) is 0 Å². The van der Waals surface area contributed by atoms with E-state index >= 15 is 0 Å². The summed E-state index contributed by atoms with van der Waals surface area (Å²) in [6.07, 6.45) is 4.82. The molecule has 1 saturated carbocycles. The van der Waals surface area contributed by atoms with Crippen molar-refractivity contribution in [1.29, 1.82) is 0 Å². The largest absolute Gasteiger partial charge is 0.396 e. The number of aliphatic hydroxyl groups is 1. The molecule has 0 aromatic carbocycles. The van der Waals surface area contributed by atoms with Crippen molar-refractivity contribution in [3.05, 3.63) is 0 Å². The molecule has 0 aromatic rings. The van der Waals surface area contributed by atoms with Crippen LogP contribution in [0.5, 0.6) is 0 Å². The van der Waals surface area contributed by atoms with Crippen molar-refractivity contribution in [2.24, 2.45) is 10.9 Å². The van der Waals surface area contributed by atoms with Gasteiger partial charge in [0, 0.05) is 25.1 Å². The first kappa shape index (κ1) is 9.77. The Bertz CT molecular complexity index is 217. The van der Waals surface area contributed by atoms with Crippen molar-refractivity contribution in [3.8, 4) is 0 Å². The average molecular weight is 197 g/mol. The van der Waals surface area contributed by atoms with Crippen LogP contribution in [0.25, 0.3) is 0 Å². The fourth-order valence-electron chi connectivity index (χ4n) is 2.29. The Hall–Kier alpha value is -0.770.